The van der Waals surface area contributed by atoms with Gasteiger partial charge >= 0.3 is 0 Å². The number of ether oxygens (including phenoxy) is 1. The van der Waals surface area contributed by atoms with Crippen LogP contribution in [0.2, 0.25) is 0 Å². The second-order valence-corrected chi connectivity index (χ2v) is 4.19. The Morgan fingerprint density at radius 1 is 0.944 bits per heavy atom. The zero-order valence-corrected chi connectivity index (χ0v) is 10.3. The Bertz CT molecular complexity index is 515. The Morgan fingerprint density at radius 2 is 1.50 bits per heavy atom. The van der Waals surface area contributed by atoms with Crippen molar-refractivity contribution in [2.24, 2.45) is 0 Å². The van der Waals surface area contributed by atoms with Gasteiger partial charge in [0.15, 0.2) is 0 Å². The molecular formula is C14H14NO3-. The van der Waals surface area contributed by atoms with Gasteiger partial charge in [-0.05, 0) is 61.4 Å². The van der Waals surface area contributed by atoms with Crippen LogP contribution >= 0.6 is 0 Å². The molecule has 0 unspecified atom stereocenters. The van der Waals surface area contributed by atoms with Crippen LogP contribution in [0.15, 0.2) is 42.5 Å². The highest BCUT2D eigenvalue weighted by Crippen LogP contribution is 2.25. The summed E-state index contributed by atoms with van der Waals surface area (Å²) in [4.78, 5) is 0. The lowest BCUT2D eigenvalue weighted by atomic mass is 10.1. The molecule has 0 bridgehead atoms. The molecule has 0 radical (unpaired) electrons. The lowest BCUT2D eigenvalue weighted by Crippen LogP contribution is -2.06. The second-order valence-electron chi connectivity index (χ2n) is 4.19. The number of nitrogens with zero attached hydrogens (tertiary/aromatic N) is 1. The fraction of sp³-hybridized carbons (Fsp3) is 0.143. The minimum Gasteiger partial charge on any atom is -0.733 e. The van der Waals surface area contributed by atoms with E-state index in [9.17, 15) is 5.21 Å². The highest BCUT2D eigenvalue weighted by Gasteiger charge is 2.00. The van der Waals surface area contributed by atoms with Crippen molar-refractivity contribution in [2.75, 3.05) is 5.23 Å². The lowest BCUT2D eigenvalue weighted by Gasteiger charge is -2.21. The molecule has 0 spiro atoms. The molecule has 0 fully saturated rings. The van der Waals surface area contributed by atoms with E-state index < -0.39 is 0 Å². The van der Waals surface area contributed by atoms with Gasteiger partial charge in [0.05, 0.1) is 5.69 Å². The fourth-order valence-corrected chi connectivity index (χ4v) is 1.77. The Hall–Kier alpha value is -2.04. The molecule has 0 saturated heterocycles. The zero-order chi connectivity index (χ0) is 13.1. The number of anilines is 1. The molecule has 94 valence electrons. The summed E-state index contributed by atoms with van der Waals surface area (Å²) >= 11 is 0. The van der Waals surface area contributed by atoms with Crippen LogP contribution in [-0.4, -0.2) is 5.21 Å². The molecule has 4 heteroatoms. The maximum atomic E-state index is 10.6. The van der Waals surface area contributed by atoms with E-state index in [1.165, 1.54) is 12.1 Å². The normalized spacial score (nSPS) is 10.2. The van der Waals surface area contributed by atoms with Crippen LogP contribution in [0.1, 0.15) is 11.1 Å². The van der Waals surface area contributed by atoms with E-state index in [0.717, 1.165) is 16.9 Å². The number of benzene rings is 2. The first-order valence-electron chi connectivity index (χ1n) is 5.57. The molecule has 0 atom stereocenters. The summed E-state index contributed by atoms with van der Waals surface area (Å²) in [5.74, 6) is 1.37. The van der Waals surface area contributed by atoms with Crippen molar-refractivity contribution in [2.45, 2.75) is 13.8 Å². The summed E-state index contributed by atoms with van der Waals surface area (Å²) in [6.07, 6.45) is 0. The average molecular weight is 244 g/mol. The number of rotatable bonds is 3. The van der Waals surface area contributed by atoms with Crippen molar-refractivity contribution in [1.82, 2.24) is 0 Å². The molecule has 0 aliphatic carbocycles. The summed E-state index contributed by atoms with van der Waals surface area (Å²) in [7, 11) is 0. The Labute approximate surface area is 106 Å². The van der Waals surface area contributed by atoms with Gasteiger partial charge in [-0.3, -0.25) is 5.21 Å². The van der Waals surface area contributed by atoms with E-state index >= 15 is 0 Å². The molecule has 2 rings (SSSR count). The fourth-order valence-electron chi connectivity index (χ4n) is 1.77. The molecule has 2 aromatic rings. The van der Waals surface area contributed by atoms with Gasteiger partial charge < -0.3 is 15.2 Å². The van der Waals surface area contributed by atoms with Gasteiger partial charge in [-0.25, -0.2) is 0 Å². The molecule has 2 aromatic carbocycles. The molecule has 0 aliphatic heterocycles. The van der Waals surface area contributed by atoms with Gasteiger partial charge in [0.25, 0.3) is 0 Å². The van der Waals surface area contributed by atoms with Crippen LogP contribution in [0, 0.1) is 19.1 Å². The van der Waals surface area contributed by atoms with Gasteiger partial charge in [-0.1, -0.05) is 6.07 Å². The van der Waals surface area contributed by atoms with Crippen molar-refractivity contribution in [3.63, 3.8) is 0 Å². The van der Waals surface area contributed by atoms with Crippen molar-refractivity contribution in [1.29, 1.82) is 0 Å². The van der Waals surface area contributed by atoms with Crippen molar-refractivity contribution < 1.29 is 9.94 Å². The highest BCUT2D eigenvalue weighted by atomic mass is 16.8. The summed E-state index contributed by atoms with van der Waals surface area (Å²) in [5.41, 5.74) is 2.42. The van der Waals surface area contributed by atoms with E-state index in [2.05, 4.69) is 6.07 Å². The molecular weight excluding hydrogens is 230 g/mol. The summed E-state index contributed by atoms with van der Waals surface area (Å²) in [6, 6.07) is 12.2. The van der Waals surface area contributed by atoms with Crippen molar-refractivity contribution in [3.8, 4) is 11.5 Å². The minimum atomic E-state index is -0.180. The van der Waals surface area contributed by atoms with Gasteiger partial charge in [0, 0.05) is 0 Å². The van der Waals surface area contributed by atoms with Crippen LogP contribution in [-0.2, 0) is 0 Å². The van der Waals surface area contributed by atoms with Gasteiger partial charge in [-0.2, -0.15) is 0 Å². The number of aryl methyl sites for hydroxylation is 2. The molecule has 18 heavy (non-hydrogen) atoms. The predicted molar refractivity (Wildman–Crippen MR) is 70.1 cm³/mol. The first-order valence-corrected chi connectivity index (χ1v) is 5.57. The first-order chi connectivity index (χ1) is 8.54. The van der Waals surface area contributed by atoms with E-state index in [0.29, 0.717) is 5.75 Å². The quantitative estimate of drug-likeness (QED) is 0.834. The molecule has 0 aromatic heterocycles. The highest BCUT2D eigenvalue weighted by molar-refractivity contribution is 5.48. The standard InChI is InChI=1S/C14H14NO3/c1-10-7-11(2)9-14(8-10)18-13-5-3-12(4-6-13)15(16)17/h3-9,16H,1-2H3/q-1. The van der Waals surface area contributed by atoms with Crippen LogP contribution in [0.4, 0.5) is 5.69 Å². The summed E-state index contributed by atoms with van der Waals surface area (Å²) in [5, 5.41) is 19.2. The van der Waals surface area contributed by atoms with Crippen LogP contribution < -0.4 is 9.96 Å². The Morgan fingerprint density at radius 3 is 2.00 bits per heavy atom. The SMILES string of the molecule is Cc1cc(C)cc(Oc2ccc(N([O-])O)cc2)c1. The molecule has 1 N–H and O–H groups in total. The van der Waals surface area contributed by atoms with E-state index in [-0.39, 0.29) is 10.9 Å². The minimum absolute atomic E-state index is 0.169. The van der Waals surface area contributed by atoms with Crippen LogP contribution in [0.3, 0.4) is 0 Å². The van der Waals surface area contributed by atoms with Gasteiger partial charge in [0.1, 0.15) is 11.5 Å². The molecule has 0 amide bonds. The van der Waals surface area contributed by atoms with E-state index in [1.807, 2.05) is 26.0 Å². The summed E-state index contributed by atoms with van der Waals surface area (Å²) < 4.78 is 5.67. The third kappa shape index (κ3) is 3.00. The van der Waals surface area contributed by atoms with E-state index in [4.69, 9.17) is 9.94 Å². The van der Waals surface area contributed by atoms with Crippen LogP contribution in [0.25, 0.3) is 0 Å². The summed E-state index contributed by atoms with van der Waals surface area (Å²) in [6.45, 7) is 4.01. The van der Waals surface area contributed by atoms with Gasteiger partial charge in [0.2, 0.25) is 0 Å². The maximum absolute atomic E-state index is 10.6. The Kier molecular flexibility index (Phi) is 3.50. The molecule has 0 saturated carbocycles. The second kappa shape index (κ2) is 5.08. The zero-order valence-electron chi connectivity index (χ0n) is 10.3. The molecule has 4 nitrogen and oxygen atoms in total. The average Bonchev–Trinajstić information content (AvgIpc) is 2.28. The van der Waals surface area contributed by atoms with Crippen molar-refractivity contribution in [3.05, 3.63) is 58.8 Å². The maximum Gasteiger partial charge on any atom is 0.127 e. The third-order valence-electron chi connectivity index (χ3n) is 2.49. The Balaban J connectivity index is 2.18. The van der Waals surface area contributed by atoms with Crippen molar-refractivity contribution >= 4 is 5.69 Å². The lowest BCUT2D eigenvalue weighted by molar-refractivity contribution is 0.296. The number of hydrogen-bond donors (Lipinski definition) is 1. The third-order valence-corrected chi connectivity index (χ3v) is 2.49. The molecule has 0 aliphatic rings. The predicted octanol–water partition coefficient (Wildman–Crippen LogP) is 3.79. The number of hydrogen-bond acceptors (Lipinski definition) is 4. The molecule has 0 heterocycles. The monoisotopic (exact) mass is 244 g/mol. The topological polar surface area (TPSA) is 55.8 Å². The first kappa shape index (κ1) is 12.4. The largest absolute Gasteiger partial charge is 0.733 e. The van der Waals surface area contributed by atoms with Gasteiger partial charge in [-0.15, -0.1) is 0 Å². The smallest absolute Gasteiger partial charge is 0.127 e. The van der Waals surface area contributed by atoms with Crippen LogP contribution in [0.5, 0.6) is 11.5 Å². The van der Waals surface area contributed by atoms with E-state index in [1.54, 1.807) is 12.1 Å².